The number of carbonyl (C=O) groups is 2. The summed E-state index contributed by atoms with van der Waals surface area (Å²) in [5.74, 6) is -0.523. The molecule has 6 nitrogen and oxygen atoms in total. The van der Waals surface area contributed by atoms with E-state index < -0.39 is 5.54 Å². The molecule has 0 radical (unpaired) electrons. The van der Waals surface area contributed by atoms with Crippen molar-refractivity contribution >= 4 is 11.9 Å². The van der Waals surface area contributed by atoms with Gasteiger partial charge in [0, 0.05) is 6.54 Å². The Morgan fingerprint density at radius 3 is 2.61 bits per heavy atom. The summed E-state index contributed by atoms with van der Waals surface area (Å²) < 4.78 is 5.09. The molecule has 1 heterocycles. The zero-order valence-electron chi connectivity index (χ0n) is 14.9. The number of hydrogen-bond acceptors (Lipinski definition) is 5. The normalized spacial score (nSPS) is 22.7. The van der Waals surface area contributed by atoms with Crippen LogP contribution in [0.25, 0.3) is 0 Å². The summed E-state index contributed by atoms with van der Waals surface area (Å²) in [6.45, 7) is 10.8. The van der Waals surface area contributed by atoms with Gasteiger partial charge in [-0.1, -0.05) is 13.8 Å². The van der Waals surface area contributed by atoms with Crippen molar-refractivity contribution in [3.05, 3.63) is 0 Å². The molecule has 1 N–H and O–H groups in total. The monoisotopic (exact) mass is 323 g/mol. The van der Waals surface area contributed by atoms with E-state index in [0.717, 1.165) is 19.4 Å². The number of piperidine rings is 1. The smallest absolute Gasteiger partial charge is 0.310 e. The lowest BCUT2D eigenvalue weighted by Crippen LogP contribution is -2.56. The second-order valence-electron chi connectivity index (χ2n) is 6.72. The predicted molar refractivity (Wildman–Crippen MR) is 87.4 cm³/mol. The van der Waals surface area contributed by atoms with E-state index in [1.54, 1.807) is 13.8 Å². The lowest BCUT2D eigenvalue weighted by molar-refractivity contribution is -0.151. The van der Waals surface area contributed by atoms with Crippen LogP contribution in [0.4, 0.5) is 0 Å². The average molecular weight is 323 g/mol. The summed E-state index contributed by atoms with van der Waals surface area (Å²) in [6, 6.07) is 1.81. The molecule has 0 aromatic rings. The molecule has 130 valence electrons. The first-order valence-electron chi connectivity index (χ1n) is 8.39. The summed E-state index contributed by atoms with van der Waals surface area (Å²) in [4.78, 5) is 26.4. The molecular weight excluding hydrogens is 294 g/mol. The molecule has 1 fully saturated rings. The highest BCUT2D eigenvalue weighted by Crippen LogP contribution is 2.21. The summed E-state index contributed by atoms with van der Waals surface area (Å²) in [6.07, 6.45) is 1.66. The van der Waals surface area contributed by atoms with Crippen molar-refractivity contribution in [2.24, 2.45) is 11.8 Å². The zero-order valence-corrected chi connectivity index (χ0v) is 14.9. The number of rotatable bonds is 6. The highest BCUT2D eigenvalue weighted by molar-refractivity contribution is 5.82. The molecule has 1 saturated heterocycles. The summed E-state index contributed by atoms with van der Waals surface area (Å²) >= 11 is 0. The number of esters is 1. The zero-order chi connectivity index (χ0) is 17.6. The van der Waals surface area contributed by atoms with E-state index in [4.69, 9.17) is 4.74 Å². The van der Waals surface area contributed by atoms with Crippen LogP contribution in [0.1, 0.15) is 47.5 Å². The molecule has 0 unspecified atom stereocenters. The quantitative estimate of drug-likeness (QED) is 0.752. The van der Waals surface area contributed by atoms with Gasteiger partial charge in [-0.3, -0.25) is 14.5 Å². The van der Waals surface area contributed by atoms with Crippen LogP contribution in [-0.2, 0) is 14.3 Å². The SMILES string of the molecule is CCOC(=O)[C@@H]1CCCN([C@H](C)C(=O)N[C@@](C)(C#N)C(C)C)C1. The van der Waals surface area contributed by atoms with Gasteiger partial charge in [0.1, 0.15) is 5.54 Å². The molecule has 0 spiro atoms. The van der Waals surface area contributed by atoms with Gasteiger partial charge < -0.3 is 10.1 Å². The van der Waals surface area contributed by atoms with Gasteiger partial charge >= 0.3 is 5.97 Å². The van der Waals surface area contributed by atoms with Crippen LogP contribution < -0.4 is 5.32 Å². The van der Waals surface area contributed by atoms with Crippen molar-refractivity contribution in [1.29, 1.82) is 5.26 Å². The number of ether oxygens (including phenoxy) is 1. The van der Waals surface area contributed by atoms with E-state index >= 15 is 0 Å². The lowest BCUT2D eigenvalue weighted by Gasteiger charge is -2.37. The second-order valence-corrected chi connectivity index (χ2v) is 6.72. The number of amides is 1. The Kier molecular flexibility index (Phi) is 7.01. The van der Waals surface area contributed by atoms with Crippen molar-refractivity contribution in [3.8, 4) is 6.07 Å². The summed E-state index contributed by atoms with van der Waals surface area (Å²) in [5, 5.41) is 12.2. The van der Waals surface area contributed by atoms with Crippen LogP contribution in [0.15, 0.2) is 0 Å². The van der Waals surface area contributed by atoms with Crippen molar-refractivity contribution in [1.82, 2.24) is 10.2 Å². The van der Waals surface area contributed by atoms with Crippen LogP contribution in [0.3, 0.4) is 0 Å². The number of nitrogens with zero attached hydrogens (tertiary/aromatic N) is 2. The Labute approximate surface area is 139 Å². The van der Waals surface area contributed by atoms with Crippen LogP contribution in [0.2, 0.25) is 0 Å². The maximum Gasteiger partial charge on any atom is 0.310 e. The van der Waals surface area contributed by atoms with Crippen molar-refractivity contribution in [3.63, 3.8) is 0 Å². The van der Waals surface area contributed by atoms with E-state index in [-0.39, 0.29) is 29.8 Å². The minimum atomic E-state index is -0.887. The maximum absolute atomic E-state index is 12.5. The number of carbonyl (C=O) groups excluding carboxylic acids is 2. The molecule has 0 bridgehead atoms. The fraction of sp³-hybridized carbons (Fsp3) is 0.824. The minimum Gasteiger partial charge on any atom is -0.466 e. The minimum absolute atomic E-state index is 0.0114. The first-order valence-corrected chi connectivity index (χ1v) is 8.39. The summed E-state index contributed by atoms with van der Waals surface area (Å²) in [7, 11) is 0. The molecule has 6 heteroatoms. The molecule has 0 saturated carbocycles. The third-order valence-electron chi connectivity index (χ3n) is 4.77. The maximum atomic E-state index is 12.5. The van der Waals surface area contributed by atoms with Crippen LogP contribution >= 0.6 is 0 Å². The Balaban J connectivity index is 2.69. The number of likely N-dealkylation sites (tertiary alicyclic amines) is 1. The fourth-order valence-corrected chi connectivity index (χ4v) is 2.64. The Bertz CT molecular complexity index is 472. The van der Waals surface area contributed by atoms with Crippen LogP contribution in [0.5, 0.6) is 0 Å². The largest absolute Gasteiger partial charge is 0.466 e. The number of nitriles is 1. The topological polar surface area (TPSA) is 82.4 Å². The molecule has 1 rings (SSSR count). The first kappa shape index (κ1) is 19.4. The number of nitrogens with one attached hydrogen (secondary N) is 1. The van der Waals surface area contributed by atoms with E-state index in [2.05, 4.69) is 11.4 Å². The highest BCUT2D eigenvalue weighted by atomic mass is 16.5. The van der Waals surface area contributed by atoms with Gasteiger partial charge in [0.25, 0.3) is 0 Å². The Morgan fingerprint density at radius 2 is 2.09 bits per heavy atom. The molecule has 0 aliphatic carbocycles. The van der Waals surface area contributed by atoms with Crippen molar-refractivity contribution in [2.75, 3.05) is 19.7 Å². The third-order valence-corrected chi connectivity index (χ3v) is 4.77. The first-order chi connectivity index (χ1) is 10.7. The van der Waals surface area contributed by atoms with Crippen LogP contribution in [0, 0.1) is 23.2 Å². The number of hydrogen-bond donors (Lipinski definition) is 1. The van der Waals surface area contributed by atoms with Crippen molar-refractivity contribution in [2.45, 2.75) is 59.0 Å². The second kappa shape index (κ2) is 8.30. The van der Waals surface area contributed by atoms with E-state index in [1.165, 1.54) is 0 Å². The van der Waals surface area contributed by atoms with E-state index in [0.29, 0.717) is 13.2 Å². The van der Waals surface area contributed by atoms with Gasteiger partial charge in [0.05, 0.1) is 24.6 Å². The van der Waals surface area contributed by atoms with E-state index in [1.807, 2.05) is 25.7 Å². The highest BCUT2D eigenvalue weighted by Gasteiger charge is 2.35. The lowest BCUT2D eigenvalue weighted by atomic mass is 9.89. The predicted octanol–water partition coefficient (Wildman–Crippen LogP) is 1.70. The summed E-state index contributed by atoms with van der Waals surface area (Å²) in [5.41, 5.74) is -0.887. The van der Waals surface area contributed by atoms with Gasteiger partial charge in [0.2, 0.25) is 5.91 Å². The molecule has 1 aliphatic rings. The fourth-order valence-electron chi connectivity index (χ4n) is 2.64. The van der Waals surface area contributed by atoms with Gasteiger partial charge in [0.15, 0.2) is 0 Å². The molecule has 0 aromatic carbocycles. The molecule has 23 heavy (non-hydrogen) atoms. The molecule has 1 amide bonds. The standard InChI is InChI=1S/C17H29N3O3/c1-6-23-16(22)14-8-7-9-20(10-14)13(4)15(21)19-17(5,11-18)12(2)3/h12-14H,6-10H2,1-5H3,(H,19,21)/t13-,14-,17+/m1/s1. The van der Waals surface area contributed by atoms with E-state index in [9.17, 15) is 14.9 Å². The molecule has 3 atom stereocenters. The Hall–Kier alpha value is -1.61. The van der Waals surface area contributed by atoms with Gasteiger partial charge in [-0.25, -0.2) is 0 Å². The Morgan fingerprint density at radius 1 is 1.43 bits per heavy atom. The van der Waals surface area contributed by atoms with Gasteiger partial charge in [-0.15, -0.1) is 0 Å². The van der Waals surface area contributed by atoms with Crippen LogP contribution in [-0.4, -0.2) is 48.1 Å². The molecule has 1 aliphatic heterocycles. The molecular formula is C17H29N3O3. The molecule has 0 aromatic heterocycles. The van der Waals surface area contributed by atoms with Gasteiger partial charge in [-0.05, 0) is 46.1 Å². The van der Waals surface area contributed by atoms with Gasteiger partial charge in [-0.2, -0.15) is 5.26 Å². The average Bonchev–Trinajstić information content (AvgIpc) is 2.54. The van der Waals surface area contributed by atoms with Crippen molar-refractivity contribution < 1.29 is 14.3 Å². The third kappa shape index (κ3) is 4.93.